The van der Waals surface area contributed by atoms with Gasteiger partial charge in [-0.25, -0.2) is 4.99 Å². The van der Waals surface area contributed by atoms with E-state index in [0.717, 1.165) is 36.2 Å². The van der Waals surface area contributed by atoms with Gasteiger partial charge < -0.3 is 19.9 Å². The molecule has 0 spiro atoms. The Kier molecular flexibility index (Phi) is 7.00. The predicted octanol–water partition coefficient (Wildman–Crippen LogP) is 2.73. The van der Waals surface area contributed by atoms with Crippen molar-refractivity contribution < 1.29 is 4.74 Å². The van der Waals surface area contributed by atoms with E-state index < -0.39 is 0 Å². The first-order valence-corrected chi connectivity index (χ1v) is 9.08. The van der Waals surface area contributed by atoms with Crippen LogP contribution in [0.15, 0.2) is 35.6 Å². The maximum Gasteiger partial charge on any atom is 0.191 e. The highest BCUT2D eigenvalue weighted by Crippen LogP contribution is 2.23. The summed E-state index contributed by atoms with van der Waals surface area (Å²) in [6.07, 6.45) is 1.74. The number of guanidine groups is 1. The van der Waals surface area contributed by atoms with Gasteiger partial charge in [0.05, 0.1) is 13.1 Å². The quantitative estimate of drug-likeness (QED) is 0.588. The topological polar surface area (TPSA) is 76.4 Å². The van der Waals surface area contributed by atoms with Crippen LogP contribution in [0.4, 0.5) is 0 Å². The van der Waals surface area contributed by atoms with Gasteiger partial charge in [0.1, 0.15) is 17.7 Å². The second-order valence-corrected chi connectivity index (χ2v) is 6.90. The predicted molar refractivity (Wildman–Crippen MR) is 104 cm³/mol. The van der Waals surface area contributed by atoms with E-state index in [2.05, 4.69) is 32.7 Å². The van der Waals surface area contributed by atoms with Crippen LogP contribution >= 0.6 is 0 Å². The van der Waals surface area contributed by atoms with E-state index in [1.807, 2.05) is 56.5 Å². The number of hydrogen-bond acceptors (Lipinski definition) is 4. The number of para-hydroxylation sites is 1. The van der Waals surface area contributed by atoms with Crippen molar-refractivity contribution >= 4 is 5.96 Å². The highest BCUT2D eigenvalue weighted by atomic mass is 16.5. The van der Waals surface area contributed by atoms with Crippen molar-refractivity contribution in [2.24, 2.45) is 4.99 Å². The maximum atomic E-state index is 6.04. The molecule has 26 heavy (non-hydrogen) atoms. The zero-order valence-corrected chi connectivity index (χ0v) is 16.4. The molecule has 0 saturated heterocycles. The number of aryl methyl sites for hydroxylation is 1. The Bertz CT molecular complexity index is 717. The lowest BCUT2D eigenvalue weighted by atomic mass is 10.1. The fourth-order valence-corrected chi connectivity index (χ4v) is 2.41. The number of hydrogen-bond donors (Lipinski definition) is 2. The third-order valence-corrected chi connectivity index (χ3v) is 3.59. The summed E-state index contributed by atoms with van der Waals surface area (Å²) >= 11 is 0. The molecule has 7 nitrogen and oxygen atoms in total. The molecule has 142 valence electrons. The van der Waals surface area contributed by atoms with Crippen LogP contribution in [0.1, 0.15) is 46.0 Å². The molecule has 0 radical (unpaired) electrons. The smallest absolute Gasteiger partial charge is 0.191 e. The summed E-state index contributed by atoms with van der Waals surface area (Å²) in [6, 6.07) is 8.02. The Labute approximate surface area is 155 Å². The molecule has 0 aliphatic carbocycles. The molecule has 0 aliphatic rings. The second-order valence-electron chi connectivity index (χ2n) is 6.90. The van der Waals surface area contributed by atoms with Crippen molar-refractivity contribution in [1.82, 2.24) is 25.4 Å². The van der Waals surface area contributed by atoms with Gasteiger partial charge in [-0.05, 0) is 40.7 Å². The summed E-state index contributed by atoms with van der Waals surface area (Å²) in [6.45, 7) is 13.0. The molecule has 0 amide bonds. The molecular weight excluding hydrogens is 328 g/mol. The zero-order valence-electron chi connectivity index (χ0n) is 16.4. The minimum atomic E-state index is -0.243. The molecule has 0 bridgehead atoms. The molecule has 0 atom stereocenters. The Balaban J connectivity index is 2.07. The van der Waals surface area contributed by atoms with Crippen LogP contribution in [-0.4, -0.2) is 32.9 Å². The van der Waals surface area contributed by atoms with Crippen molar-refractivity contribution in [2.45, 2.75) is 59.9 Å². The van der Waals surface area contributed by atoms with Gasteiger partial charge in [0.15, 0.2) is 11.8 Å². The highest BCUT2D eigenvalue weighted by molar-refractivity contribution is 5.79. The molecule has 1 aromatic heterocycles. The van der Waals surface area contributed by atoms with Crippen LogP contribution in [0.25, 0.3) is 0 Å². The van der Waals surface area contributed by atoms with Crippen LogP contribution in [0.2, 0.25) is 0 Å². The summed E-state index contributed by atoms with van der Waals surface area (Å²) in [5.74, 6) is 2.49. The first kappa shape index (κ1) is 19.8. The van der Waals surface area contributed by atoms with E-state index in [1.165, 1.54) is 0 Å². The molecule has 2 aromatic rings. The van der Waals surface area contributed by atoms with Crippen LogP contribution in [0.3, 0.4) is 0 Å². The fraction of sp³-hybridized carbons (Fsp3) is 0.526. The Hall–Kier alpha value is -2.57. The van der Waals surface area contributed by atoms with E-state index in [1.54, 1.807) is 6.33 Å². The zero-order chi connectivity index (χ0) is 19.0. The Morgan fingerprint density at radius 1 is 1.19 bits per heavy atom. The van der Waals surface area contributed by atoms with Crippen LogP contribution in [0.5, 0.6) is 5.75 Å². The van der Waals surface area contributed by atoms with Crippen LogP contribution in [-0.2, 0) is 19.6 Å². The number of aliphatic imine (C=N–C) groups is 1. The largest absolute Gasteiger partial charge is 0.488 e. The molecule has 1 heterocycles. The first-order valence-electron chi connectivity index (χ1n) is 9.08. The number of rotatable bonds is 7. The van der Waals surface area contributed by atoms with Crippen molar-refractivity contribution in [1.29, 1.82) is 0 Å². The van der Waals surface area contributed by atoms with Gasteiger partial charge in [0.25, 0.3) is 0 Å². The number of benzene rings is 1. The number of ether oxygens (including phenoxy) is 1. The average molecular weight is 358 g/mol. The average Bonchev–Trinajstić information content (AvgIpc) is 3.04. The van der Waals surface area contributed by atoms with Crippen LogP contribution < -0.4 is 15.4 Å². The molecular formula is C19H30N6O. The second kappa shape index (κ2) is 9.22. The molecule has 2 rings (SSSR count). The van der Waals surface area contributed by atoms with Gasteiger partial charge in [-0.15, -0.1) is 10.2 Å². The standard InChI is InChI=1S/C19H30N6O/c1-6-20-18(22-13-17-24-23-14-25(17)7-2)21-12-15-10-8-9-11-16(15)26-19(3,4)5/h8-11,14H,6-7,12-13H2,1-5H3,(H2,20,21,22). The lowest BCUT2D eigenvalue weighted by Gasteiger charge is -2.23. The van der Waals surface area contributed by atoms with E-state index in [0.29, 0.717) is 13.1 Å². The maximum absolute atomic E-state index is 6.04. The molecule has 0 unspecified atom stereocenters. The summed E-state index contributed by atoms with van der Waals surface area (Å²) in [5.41, 5.74) is 0.809. The fourth-order valence-electron chi connectivity index (χ4n) is 2.41. The molecule has 0 saturated carbocycles. The normalized spacial score (nSPS) is 12.1. The molecule has 0 aliphatic heterocycles. The number of nitrogens with one attached hydrogen (secondary N) is 2. The van der Waals surface area contributed by atoms with E-state index in [-0.39, 0.29) is 5.60 Å². The van der Waals surface area contributed by atoms with Gasteiger partial charge >= 0.3 is 0 Å². The third-order valence-electron chi connectivity index (χ3n) is 3.59. The first-order chi connectivity index (χ1) is 12.4. The number of nitrogens with zero attached hydrogens (tertiary/aromatic N) is 4. The SMILES string of the molecule is CCNC(=NCc1ccccc1OC(C)(C)C)NCc1nncn1CC. The Morgan fingerprint density at radius 3 is 2.65 bits per heavy atom. The molecule has 0 fully saturated rings. The van der Waals surface area contributed by atoms with Crippen LogP contribution in [0, 0.1) is 0 Å². The van der Waals surface area contributed by atoms with Gasteiger partial charge in [0, 0.05) is 18.7 Å². The van der Waals surface area contributed by atoms with Gasteiger partial charge in [-0.3, -0.25) is 0 Å². The van der Waals surface area contributed by atoms with Crippen molar-refractivity contribution in [2.75, 3.05) is 6.54 Å². The van der Waals surface area contributed by atoms with Crippen molar-refractivity contribution in [3.8, 4) is 5.75 Å². The highest BCUT2D eigenvalue weighted by Gasteiger charge is 2.14. The lowest BCUT2D eigenvalue weighted by molar-refractivity contribution is 0.129. The van der Waals surface area contributed by atoms with E-state index >= 15 is 0 Å². The minimum absolute atomic E-state index is 0.243. The Morgan fingerprint density at radius 2 is 1.96 bits per heavy atom. The van der Waals surface area contributed by atoms with E-state index in [9.17, 15) is 0 Å². The van der Waals surface area contributed by atoms with Crippen molar-refractivity contribution in [3.05, 3.63) is 42.0 Å². The molecule has 1 aromatic carbocycles. The van der Waals surface area contributed by atoms with Crippen molar-refractivity contribution in [3.63, 3.8) is 0 Å². The number of aromatic nitrogens is 3. The van der Waals surface area contributed by atoms with Gasteiger partial charge in [0.2, 0.25) is 0 Å². The molecule has 7 heteroatoms. The van der Waals surface area contributed by atoms with E-state index in [4.69, 9.17) is 4.74 Å². The molecule has 2 N–H and O–H groups in total. The summed E-state index contributed by atoms with van der Waals surface area (Å²) in [7, 11) is 0. The summed E-state index contributed by atoms with van der Waals surface area (Å²) in [5, 5.41) is 14.7. The monoisotopic (exact) mass is 358 g/mol. The van der Waals surface area contributed by atoms with Gasteiger partial charge in [-0.1, -0.05) is 18.2 Å². The van der Waals surface area contributed by atoms with Gasteiger partial charge in [-0.2, -0.15) is 0 Å². The third kappa shape index (κ3) is 6.06. The summed E-state index contributed by atoms with van der Waals surface area (Å²) < 4.78 is 8.05. The summed E-state index contributed by atoms with van der Waals surface area (Å²) in [4.78, 5) is 4.69. The lowest BCUT2D eigenvalue weighted by Crippen LogP contribution is -2.37. The minimum Gasteiger partial charge on any atom is -0.488 e.